The van der Waals surface area contributed by atoms with Crippen LogP contribution in [-0.4, -0.2) is 47.3 Å². The lowest BCUT2D eigenvalue weighted by Crippen LogP contribution is -2.44. The number of hydrogen-bond acceptors (Lipinski definition) is 3. The Hall–Kier alpha value is -1.82. The molecule has 2 aromatic rings. The number of nitrogens with zero attached hydrogens (tertiary/aromatic N) is 4. The van der Waals surface area contributed by atoms with E-state index in [1.54, 1.807) is 0 Å². The number of guanidine groups is 1. The highest BCUT2D eigenvalue weighted by Gasteiger charge is 2.28. The van der Waals surface area contributed by atoms with Crippen molar-refractivity contribution in [1.82, 2.24) is 20.0 Å². The Morgan fingerprint density at radius 2 is 2.33 bits per heavy atom. The van der Waals surface area contributed by atoms with Gasteiger partial charge in [-0.05, 0) is 23.4 Å². The Morgan fingerprint density at radius 3 is 2.96 bits per heavy atom. The van der Waals surface area contributed by atoms with Crippen LogP contribution in [0.5, 0.6) is 0 Å². The van der Waals surface area contributed by atoms with Gasteiger partial charge in [-0.15, -0.1) is 11.3 Å². The second-order valence-corrected chi connectivity index (χ2v) is 8.09. The summed E-state index contributed by atoms with van der Waals surface area (Å²) in [4.78, 5) is 8.27. The normalized spacial score (nSPS) is 19.1. The molecule has 24 heavy (non-hydrogen) atoms. The van der Waals surface area contributed by atoms with Crippen LogP contribution in [0.1, 0.15) is 36.6 Å². The fraction of sp³-hybridized carbons (Fsp3) is 0.556. The summed E-state index contributed by atoms with van der Waals surface area (Å²) in [7, 11) is 3.85. The van der Waals surface area contributed by atoms with Gasteiger partial charge in [0.05, 0.1) is 6.20 Å². The minimum absolute atomic E-state index is 0.104. The maximum absolute atomic E-state index is 4.50. The van der Waals surface area contributed by atoms with E-state index >= 15 is 0 Å². The summed E-state index contributed by atoms with van der Waals surface area (Å²) >= 11 is 1.82. The van der Waals surface area contributed by atoms with E-state index in [0.717, 1.165) is 32.0 Å². The van der Waals surface area contributed by atoms with Gasteiger partial charge >= 0.3 is 0 Å². The number of aryl methyl sites for hydroxylation is 1. The first-order valence-electron chi connectivity index (χ1n) is 8.48. The van der Waals surface area contributed by atoms with Gasteiger partial charge in [-0.1, -0.05) is 19.9 Å². The fourth-order valence-electron chi connectivity index (χ4n) is 3.26. The van der Waals surface area contributed by atoms with E-state index < -0.39 is 0 Å². The second kappa shape index (κ2) is 6.97. The monoisotopic (exact) mass is 345 g/mol. The SMILES string of the molecule is CN=C(NCC(C)(C)c1cccs1)N1CCC(c2cnn(C)c2)C1. The van der Waals surface area contributed by atoms with Gasteiger partial charge < -0.3 is 10.2 Å². The standard InChI is InChI=1S/C18H27N5S/c1-18(2,16-6-5-9-24-16)13-20-17(19-3)23-8-7-14(12-23)15-10-21-22(4)11-15/h5-6,9-11,14H,7-8,12-13H2,1-4H3,(H,19,20). The van der Waals surface area contributed by atoms with Crippen LogP contribution in [-0.2, 0) is 12.5 Å². The fourth-order valence-corrected chi connectivity index (χ4v) is 4.11. The molecule has 0 amide bonds. The molecule has 1 aliphatic heterocycles. The van der Waals surface area contributed by atoms with Crippen molar-refractivity contribution in [1.29, 1.82) is 0 Å². The van der Waals surface area contributed by atoms with E-state index in [4.69, 9.17) is 0 Å². The maximum Gasteiger partial charge on any atom is 0.193 e. The van der Waals surface area contributed by atoms with E-state index in [0.29, 0.717) is 5.92 Å². The van der Waals surface area contributed by atoms with Gasteiger partial charge in [0.2, 0.25) is 0 Å². The Balaban J connectivity index is 1.59. The Morgan fingerprint density at radius 1 is 1.50 bits per heavy atom. The van der Waals surface area contributed by atoms with E-state index in [9.17, 15) is 0 Å². The average Bonchev–Trinajstić information content (AvgIpc) is 3.29. The molecule has 1 aliphatic rings. The van der Waals surface area contributed by atoms with Crippen molar-refractivity contribution in [2.75, 3.05) is 26.7 Å². The number of hydrogen-bond donors (Lipinski definition) is 1. The molecule has 1 unspecified atom stereocenters. The topological polar surface area (TPSA) is 45.5 Å². The maximum atomic E-state index is 4.50. The first-order valence-corrected chi connectivity index (χ1v) is 9.35. The van der Waals surface area contributed by atoms with E-state index in [-0.39, 0.29) is 5.41 Å². The number of thiophene rings is 1. The number of aliphatic imine (C=N–C) groups is 1. The molecule has 2 aromatic heterocycles. The van der Waals surface area contributed by atoms with Crippen molar-refractivity contribution in [2.45, 2.75) is 31.6 Å². The van der Waals surface area contributed by atoms with Crippen LogP contribution >= 0.6 is 11.3 Å². The summed E-state index contributed by atoms with van der Waals surface area (Å²) in [6, 6.07) is 4.33. The number of rotatable bonds is 4. The molecule has 0 aromatic carbocycles. The smallest absolute Gasteiger partial charge is 0.193 e. The van der Waals surface area contributed by atoms with Crippen LogP contribution in [0.15, 0.2) is 34.9 Å². The zero-order valence-corrected chi connectivity index (χ0v) is 15.8. The minimum atomic E-state index is 0.104. The Kier molecular flexibility index (Phi) is 4.94. The molecule has 0 spiro atoms. The summed E-state index contributed by atoms with van der Waals surface area (Å²) in [5, 5.41) is 10.0. The molecule has 1 atom stereocenters. The molecule has 0 saturated carbocycles. The van der Waals surface area contributed by atoms with Crippen molar-refractivity contribution < 1.29 is 0 Å². The number of likely N-dealkylation sites (tertiary alicyclic amines) is 1. The quantitative estimate of drug-likeness (QED) is 0.685. The van der Waals surface area contributed by atoms with Crippen LogP contribution in [0.4, 0.5) is 0 Å². The molecular weight excluding hydrogens is 318 g/mol. The third-order valence-corrected chi connectivity index (χ3v) is 6.01. The van der Waals surface area contributed by atoms with Gasteiger partial charge in [0.15, 0.2) is 5.96 Å². The summed E-state index contributed by atoms with van der Waals surface area (Å²) in [5.41, 5.74) is 1.43. The largest absolute Gasteiger partial charge is 0.355 e. The molecule has 130 valence electrons. The van der Waals surface area contributed by atoms with Crippen LogP contribution in [0.3, 0.4) is 0 Å². The minimum Gasteiger partial charge on any atom is -0.355 e. The summed E-state index contributed by atoms with van der Waals surface area (Å²) < 4.78 is 1.88. The van der Waals surface area contributed by atoms with Gasteiger partial charge in [-0.2, -0.15) is 5.10 Å². The predicted octanol–water partition coefficient (Wildman–Crippen LogP) is 2.82. The van der Waals surface area contributed by atoms with Gasteiger partial charge in [0.1, 0.15) is 0 Å². The highest BCUT2D eigenvalue weighted by molar-refractivity contribution is 7.10. The number of nitrogens with one attached hydrogen (secondary N) is 1. The Labute approximate surface area is 148 Å². The first-order chi connectivity index (χ1) is 11.5. The average molecular weight is 346 g/mol. The summed E-state index contributed by atoms with van der Waals surface area (Å²) in [6.07, 6.45) is 5.27. The lowest BCUT2D eigenvalue weighted by molar-refractivity contribution is 0.458. The summed E-state index contributed by atoms with van der Waals surface area (Å²) in [6.45, 7) is 7.49. The molecule has 3 rings (SSSR count). The van der Waals surface area contributed by atoms with E-state index in [1.165, 1.54) is 10.4 Å². The van der Waals surface area contributed by atoms with Crippen molar-refractivity contribution in [2.24, 2.45) is 12.0 Å². The van der Waals surface area contributed by atoms with Crippen LogP contribution in [0, 0.1) is 0 Å². The van der Waals surface area contributed by atoms with Gasteiger partial charge in [0, 0.05) is 56.1 Å². The lowest BCUT2D eigenvalue weighted by atomic mass is 9.91. The van der Waals surface area contributed by atoms with Crippen molar-refractivity contribution in [3.05, 3.63) is 40.3 Å². The van der Waals surface area contributed by atoms with Crippen molar-refractivity contribution in [3.63, 3.8) is 0 Å². The van der Waals surface area contributed by atoms with Crippen molar-refractivity contribution >= 4 is 17.3 Å². The third-order valence-electron chi connectivity index (χ3n) is 4.77. The molecule has 0 radical (unpaired) electrons. The van der Waals surface area contributed by atoms with E-state index in [2.05, 4.69) is 57.9 Å². The van der Waals surface area contributed by atoms with Crippen molar-refractivity contribution in [3.8, 4) is 0 Å². The lowest BCUT2D eigenvalue weighted by Gasteiger charge is -2.28. The van der Waals surface area contributed by atoms with Gasteiger partial charge in [0.25, 0.3) is 0 Å². The zero-order valence-electron chi connectivity index (χ0n) is 15.0. The molecule has 1 saturated heterocycles. The van der Waals surface area contributed by atoms with Crippen LogP contribution in [0.2, 0.25) is 0 Å². The molecule has 3 heterocycles. The zero-order chi connectivity index (χ0) is 17.2. The van der Waals surface area contributed by atoms with Gasteiger partial charge in [-0.3, -0.25) is 9.67 Å². The molecule has 0 aliphatic carbocycles. The van der Waals surface area contributed by atoms with Gasteiger partial charge in [-0.25, -0.2) is 0 Å². The molecule has 1 N–H and O–H groups in total. The van der Waals surface area contributed by atoms with E-state index in [1.807, 2.05) is 36.3 Å². The Bertz CT molecular complexity index is 686. The molecule has 0 bridgehead atoms. The second-order valence-electron chi connectivity index (χ2n) is 7.14. The molecule has 1 fully saturated rings. The predicted molar refractivity (Wildman–Crippen MR) is 101 cm³/mol. The highest BCUT2D eigenvalue weighted by atomic mass is 32.1. The molecule has 6 heteroatoms. The molecule has 5 nitrogen and oxygen atoms in total. The van der Waals surface area contributed by atoms with Crippen LogP contribution in [0.25, 0.3) is 0 Å². The summed E-state index contributed by atoms with van der Waals surface area (Å²) in [5.74, 6) is 1.55. The first kappa shape index (κ1) is 17.0. The highest BCUT2D eigenvalue weighted by Crippen LogP contribution is 2.28. The van der Waals surface area contributed by atoms with Crippen LogP contribution < -0.4 is 5.32 Å². The number of aromatic nitrogens is 2. The third kappa shape index (κ3) is 3.64. The molecular formula is C18H27N5S.